The Morgan fingerprint density at radius 2 is 0.554 bits per heavy atom. The Labute approximate surface area is 502 Å². The van der Waals surface area contributed by atoms with E-state index in [2.05, 4.69) is 263 Å². The second kappa shape index (κ2) is 33.8. The lowest BCUT2D eigenvalue weighted by Gasteiger charge is -2.18. The van der Waals surface area contributed by atoms with Crippen LogP contribution in [0.2, 0.25) is 0 Å². The molecule has 3 aromatic heterocycles. The molecule has 6 nitrogen and oxygen atoms in total. The Kier molecular flexibility index (Phi) is 27.5. The number of nitrogens with zero attached hydrogens (tertiary/aromatic N) is 6. The number of azo groups is 1. The van der Waals surface area contributed by atoms with Gasteiger partial charge in [-0.25, -0.2) is 0 Å². The molecule has 9 rings (SSSR count). The number of para-hydroxylation sites is 4. The molecule has 0 fully saturated rings. The van der Waals surface area contributed by atoms with E-state index in [0.717, 1.165) is 17.1 Å². The van der Waals surface area contributed by atoms with Gasteiger partial charge >= 0.3 is 0 Å². The highest BCUT2D eigenvalue weighted by molar-refractivity contribution is 5.52. The van der Waals surface area contributed by atoms with Gasteiger partial charge in [-0.15, -0.1) is 11.8 Å². The third kappa shape index (κ3) is 18.5. The van der Waals surface area contributed by atoms with Crippen LogP contribution in [0.4, 0.5) is 17.1 Å². The summed E-state index contributed by atoms with van der Waals surface area (Å²) in [5.41, 5.74) is 23.9. The molecular formula is C77H98N6. The number of aromatic nitrogens is 3. The first-order valence-corrected chi connectivity index (χ1v) is 29.8. The average molecular weight is 1110 g/mol. The zero-order valence-corrected chi connectivity index (χ0v) is 54.2. The second-order valence-corrected chi connectivity index (χ2v) is 22.8. The molecule has 0 atom stereocenters. The Balaban J connectivity index is 0.000000224. The van der Waals surface area contributed by atoms with E-state index in [9.17, 15) is 0 Å². The standard InChI is InChI=1S/3C18H25N.C12H10N2.C7H7N.C4H6/c1-12(2)17-14(5)19(15(6)18(17)13(3)4)16-10-8-7-9-11-16;1-12(2)17-14(5)18(13(3)4)19(15(17)6)16-10-8-7-9-11-16;1-12(2)17-14(5)15(6)18(13(3)4)19(17)16-10-8-7-9-11-16;1-3-7-11(8-4-1)13-14-12-9-5-2-6-10-12;1-8-7-5-3-2-4-6-7;1-3-4-2/h3*7-13H,1-6H3;1-10H;2-6H,1H2;1-2H3. The van der Waals surface area contributed by atoms with Crippen LogP contribution in [0.1, 0.15) is 200 Å². The van der Waals surface area contributed by atoms with E-state index in [-0.39, 0.29) is 0 Å². The molecule has 0 radical (unpaired) electrons. The summed E-state index contributed by atoms with van der Waals surface area (Å²) in [5, 5.41) is 8.20. The van der Waals surface area contributed by atoms with E-state index in [1.54, 1.807) is 0 Å². The highest BCUT2D eigenvalue weighted by atomic mass is 15.1. The summed E-state index contributed by atoms with van der Waals surface area (Å²) in [6, 6.07) is 61.1. The zero-order chi connectivity index (χ0) is 61.3. The van der Waals surface area contributed by atoms with Crippen molar-refractivity contribution in [2.75, 3.05) is 0 Å². The summed E-state index contributed by atoms with van der Waals surface area (Å²) in [7, 11) is 0. The summed E-state index contributed by atoms with van der Waals surface area (Å²) in [6.07, 6.45) is 0. The van der Waals surface area contributed by atoms with E-state index in [1.807, 2.05) is 105 Å². The van der Waals surface area contributed by atoms with Crippen LogP contribution in [0.25, 0.3) is 17.1 Å². The first kappa shape index (κ1) is 67.5. The van der Waals surface area contributed by atoms with Gasteiger partial charge in [0.15, 0.2) is 0 Å². The summed E-state index contributed by atoms with van der Waals surface area (Å²) < 4.78 is 7.32. The minimum absolute atomic E-state index is 0.534. The first-order chi connectivity index (χ1) is 39.6. The molecule has 6 heteroatoms. The molecule has 436 valence electrons. The maximum absolute atomic E-state index is 4.10. The fraction of sp³-hybridized carbons (Fsp3) is 0.338. The van der Waals surface area contributed by atoms with Crippen LogP contribution in [-0.4, -0.2) is 20.4 Å². The Morgan fingerprint density at radius 3 is 0.819 bits per heavy atom. The second-order valence-electron chi connectivity index (χ2n) is 22.8. The van der Waals surface area contributed by atoms with Crippen LogP contribution in [0.3, 0.4) is 0 Å². The van der Waals surface area contributed by atoms with E-state index in [0.29, 0.717) is 35.5 Å². The van der Waals surface area contributed by atoms with Crippen LogP contribution in [0.5, 0.6) is 0 Å². The number of benzene rings is 6. The van der Waals surface area contributed by atoms with Crippen LogP contribution in [0, 0.1) is 53.4 Å². The smallest absolute Gasteiger partial charge is 0.0857 e. The van der Waals surface area contributed by atoms with Crippen molar-refractivity contribution >= 4 is 23.8 Å². The van der Waals surface area contributed by atoms with Crippen LogP contribution in [0.15, 0.2) is 197 Å². The van der Waals surface area contributed by atoms with Crippen molar-refractivity contribution in [3.8, 4) is 28.9 Å². The van der Waals surface area contributed by atoms with Crippen LogP contribution < -0.4 is 0 Å². The molecule has 0 spiro atoms. The maximum Gasteiger partial charge on any atom is 0.0857 e. The van der Waals surface area contributed by atoms with Gasteiger partial charge in [-0.05, 0) is 204 Å². The van der Waals surface area contributed by atoms with Crippen molar-refractivity contribution in [3.63, 3.8) is 0 Å². The lowest BCUT2D eigenvalue weighted by Crippen LogP contribution is -2.07. The molecule has 0 unspecified atom stereocenters. The zero-order valence-electron chi connectivity index (χ0n) is 54.2. The van der Waals surface area contributed by atoms with Crippen molar-refractivity contribution in [1.29, 1.82) is 0 Å². The lowest BCUT2D eigenvalue weighted by molar-refractivity contribution is 0.722. The van der Waals surface area contributed by atoms with Gasteiger partial charge in [-0.1, -0.05) is 192 Å². The topological polar surface area (TPSA) is 51.9 Å². The number of aliphatic imine (C=N–C) groups is 1. The molecule has 0 aliphatic carbocycles. The highest BCUT2D eigenvalue weighted by Crippen LogP contribution is 2.38. The average Bonchev–Trinajstić information content (AvgIpc) is 2.43. The highest BCUT2D eigenvalue weighted by Gasteiger charge is 2.25. The third-order valence-electron chi connectivity index (χ3n) is 14.7. The largest absolute Gasteiger partial charge is 0.318 e. The number of hydrogen-bond acceptors (Lipinski definition) is 3. The fourth-order valence-electron chi connectivity index (χ4n) is 11.4. The molecule has 0 aliphatic rings. The van der Waals surface area contributed by atoms with E-state index in [4.69, 9.17) is 0 Å². The van der Waals surface area contributed by atoms with Gasteiger partial charge in [0, 0.05) is 51.2 Å². The van der Waals surface area contributed by atoms with Gasteiger partial charge in [0.2, 0.25) is 0 Å². The minimum atomic E-state index is 0.534. The normalized spacial score (nSPS) is 10.7. The van der Waals surface area contributed by atoms with Gasteiger partial charge in [0.25, 0.3) is 0 Å². The predicted molar refractivity (Wildman–Crippen MR) is 362 cm³/mol. The maximum atomic E-state index is 4.10. The molecule has 0 amide bonds. The van der Waals surface area contributed by atoms with E-state index < -0.39 is 0 Å². The summed E-state index contributed by atoms with van der Waals surface area (Å²) in [5.74, 6) is 8.67. The molecule has 83 heavy (non-hydrogen) atoms. The fourth-order valence-corrected chi connectivity index (χ4v) is 11.4. The van der Waals surface area contributed by atoms with Crippen molar-refractivity contribution in [2.45, 2.75) is 174 Å². The molecule has 0 saturated carbocycles. The van der Waals surface area contributed by atoms with Crippen molar-refractivity contribution in [2.24, 2.45) is 15.2 Å². The molecule has 9 aromatic rings. The summed E-state index contributed by atoms with van der Waals surface area (Å²) in [6.45, 7) is 48.0. The molecule has 6 aromatic carbocycles. The monoisotopic (exact) mass is 1110 g/mol. The van der Waals surface area contributed by atoms with E-state index >= 15 is 0 Å². The Morgan fingerprint density at radius 1 is 0.301 bits per heavy atom. The quantitative estimate of drug-likeness (QED) is 0.0665. The van der Waals surface area contributed by atoms with Gasteiger partial charge < -0.3 is 13.7 Å². The van der Waals surface area contributed by atoms with E-state index in [1.165, 1.54) is 84.6 Å². The summed E-state index contributed by atoms with van der Waals surface area (Å²) in [4.78, 5) is 3.72. The van der Waals surface area contributed by atoms with Crippen molar-refractivity contribution in [1.82, 2.24) is 13.7 Å². The van der Waals surface area contributed by atoms with Gasteiger partial charge in [0.1, 0.15) is 0 Å². The molecule has 3 heterocycles. The predicted octanol–water partition coefficient (Wildman–Crippen LogP) is 23.2. The van der Waals surface area contributed by atoms with Crippen molar-refractivity contribution < 1.29 is 0 Å². The minimum Gasteiger partial charge on any atom is -0.318 e. The van der Waals surface area contributed by atoms with Gasteiger partial charge in [0.05, 0.1) is 17.1 Å². The summed E-state index contributed by atoms with van der Waals surface area (Å²) >= 11 is 0. The van der Waals surface area contributed by atoms with Crippen LogP contribution >= 0.6 is 0 Å². The van der Waals surface area contributed by atoms with Crippen LogP contribution in [-0.2, 0) is 0 Å². The molecule has 0 bridgehead atoms. The Hall–Kier alpha value is -8.01. The third-order valence-corrected chi connectivity index (χ3v) is 14.7. The van der Waals surface area contributed by atoms with Gasteiger partial charge in [-0.2, -0.15) is 10.2 Å². The molecule has 0 N–H and O–H groups in total. The van der Waals surface area contributed by atoms with Gasteiger partial charge in [-0.3, -0.25) is 4.99 Å². The molecule has 0 aliphatic heterocycles. The number of hydrogen-bond donors (Lipinski definition) is 0. The molecular weight excluding hydrogens is 1010 g/mol. The van der Waals surface area contributed by atoms with Crippen molar-refractivity contribution in [3.05, 3.63) is 250 Å². The lowest BCUT2D eigenvalue weighted by atomic mass is 9.91. The number of rotatable bonds is 12. The first-order valence-electron chi connectivity index (χ1n) is 29.8. The Bertz CT molecular complexity index is 3290. The molecule has 0 saturated heterocycles. The SMILES string of the molecule is C=Nc1ccccc1.CC#CC.Cc1c(C(C)C)c(C(C)C)c(C)n1-c1ccccc1.Cc1c(C(C)C)c(C)n(-c2ccccc2)c1C(C)C.Cc1c(C)c(C(C)C)n(-c2ccccc2)c1C(C)C.c1ccc(N=Nc2ccccc2)cc1.